The second kappa shape index (κ2) is 5.82. The molecule has 0 aliphatic heterocycles. The maximum Gasteiger partial charge on any atom is 0.0914 e. The monoisotopic (exact) mass is 248 g/mol. The van der Waals surface area contributed by atoms with Gasteiger partial charge in [-0.1, -0.05) is 30.3 Å². The topological polar surface area (TPSA) is 58.3 Å². The lowest BCUT2D eigenvalue weighted by molar-refractivity contribution is 0.174. The van der Waals surface area contributed by atoms with Crippen LogP contribution in [0.4, 0.5) is 5.69 Å². The largest absolute Gasteiger partial charge is 0.398 e. The fourth-order valence-electron chi connectivity index (χ4n) is 1.61. The molecular weight excluding hydrogens is 232 g/mol. The second-order valence-corrected chi connectivity index (χ2v) is 4.86. The number of benzene rings is 1. The maximum absolute atomic E-state index is 9.93. The molecule has 0 spiro atoms. The average molecular weight is 248 g/mol. The molecule has 1 aromatic heterocycles. The molecule has 2 rings (SSSR count). The van der Waals surface area contributed by atoms with Gasteiger partial charge in [-0.2, -0.15) is 0 Å². The van der Waals surface area contributed by atoms with Crippen LogP contribution in [0.2, 0.25) is 0 Å². The quantitative estimate of drug-likeness (QED) is 0.760. The number of nitrogens with two attached hydrogens (primary N) is 1. The molecule has 1 unspecified atom stereocenters. The van der Waals surface area contributed by atoms with E-state index in [1.54, 1.807) is 11.3 Å². The second-order valence-electron chi connectivity index (χ2n) is 3.86. The Morgan fingerprint density at radius 3 is 2.65 bits per heavy atom. The van der Waals surface area contributed by atoms with Crippen LogP contribution in [0.1, 0.15) is 16.5 Å². The summed E-state index contributed by atoms with van der Waals surface area (Å²) in [6.07, 6.45) is -0.475. The van der Waals surface area contributed by atoms with E-state index in [-0.39, 0.29) is 0 Å². The first kappa shape index (κ1) is 12.1. The van der Waals surface area contributed by atoms with Gasteiger partial charge in [0.05, 0.1) is 6.10 Å². The molecule has 0 bridgehead atoms. The first-order valence-electron chi connectivity index (χ1n) is 5.53. The summed E-state index contributed by atoms with van der Waals surface area (Å²) in [5, 5.41) is 15.1. The molecule has 0 aliphatic rings. The van der Waals surface area contributed by atoms with Gasteiger partial charge in [-0.15, -0.1) is 11.3 Å². The van der Waals surface area contributed by atoms with E-state index in [0.717, 1.165) is 16.1 Å². The summed E-state index contributed by atoms with van der Waals surface area (Å²) < 4.78 is 0. The molecule has 0 radical (unpaired) electrons. The van der Waals surface area contributed by atoms with Crippen molar-refractivity contribution < 1.29 is 5.11 Å². The van der Waals surface area contributed by atoms with Gasteiger partial charge in [-0.3, -0.25) is 0 Å². The maximum atomic E-state index is 9.93. The van der Waals surface area contributed by atoms with Gasteiger partial charge >= 0.3 is 0 Å². The van der Waals surface area contributed by atoms with E-state index in [4.69, 9.17) is 5.73 Å². The van der Waals surface area contributed by atoms with Crippen molar-refractivity contribution >= 4 is 17.0 Å². The number of nitrogen functional groups attached to an aromatic ring is 1. The van der Waals surface area contributed by atoms with Gasteiger partial charge in [0.25, 0.3) is 0 Å². The van der Waals surface area contributed by atoms with Gasteiger partial charge in [0.2, 0.25) is 0 Å². The molecule has 0 saturated carbocycles. The van der Waals surface area contributed by atoms with Crippen LogP contribution in [0.25, 0.3) is 0 Å². The Hall–Kier alpha value is -1.36. The summed E-state index contributed by atoms with van der Waals surface area (Å²) >= 11 is 1.63. The first-order chi connectivity index (χ1) is 8.27. The van der Waals surface area contributed by atoms with E-state index >= 15 is 0 Å². The third kappa shape index (κ3) is 3.30. The van der Waals surface area contributed by atoms with Gasteiger partial charge < -0.3 is 16.2 Å². The number of thiophene rings is 1. The summed E-state index contributed by atoms with van der Waals surface area (Å²) in [6.45, 7) is 1.23. The third-order valence-electron chi connectivity index (χ3n) is 2.59. The van der Waals surface area contributed by atoms with Crippen molar-refractivity contribution in [3.63, 3.8) is 0 Å². The Labute approximate surface area is 105 Å². The van der Waals surface area contributed by atoms with Crippen LogP contribution in [0.5, 0.6) is 0 Å². The number of nitrogens with one attached hydrogen (secondary N) is 1. The Bertz CT molecular complexity index is 455. The molecule has 90 valence electrons. The SMILES string of the molecule is Nc1ccsc1CNCC(O)c1ccccc1. The summed E-state index contributed by atoms with van der Waals surface area (Å²) in [4.78, 5) is 1.12. The highest BCUT2D eigenvalue weighted by Crippen LogP contribution is 2.18. The van der Waals surface area contributed by atoms with Gasteiger partial charge in [-0.05, 0) is 17.0 Å². The lowest BCUT2D eigenvalue weighted by Crippen LogP contribution is -2.20. The van der Waals surface area contributed by atoms with Gasteiger partial charge in [0.15, 0.2) is 0 Å². The smallest absolute Gasteiger partial charge is 0.0914 e. The molecule has 1 heterocycles. The lowest BCUT2D eigenvalue weighted by Gasteiger charge is -2.11. The molecule has 0 amide bonds. The summed E-state index contributed by atoms with van der Waals surface area (Å²) in [6, 6.07) is 11.5. The number of rotatable bonds is 5. The molecule has 1 atom stereocenters. The minimum absolute atomic E-state index is 0.475. The molecule has 0 fully saturated rings. The predicted molar refractivity (Wildman–Crippen MR) is 71.8 cm³/mol. The van der Waals surface area contributed by atoms with E-state index in [0.29, 0.717) is 13.1 Å². The Kier molecular flexibility index (Phi) is 4.14. The first-order valence-corrected chi connectivity index (χ1v) is 6.41. The molecule has 4 heteroatoms. The molecule has 2 aromatic rings. The summed E-state index contributed by atoms with van der Waals surface area (Å²) in [5.74, 6) is 0. The number of hydrogen-bond donors (Lipinski definition) is 3. The predicted octanol–water partition coefficient (Wildman–Crippen LogP) is 2.15. The van der Waals surface area contributed by atoms with E-state index in [1.165, 1.54) is 0 Å². The Morgan fingerprint density at radius 1 is 1.24 bits per heavy atom. The molecule has 4 N–H and O–H groups in total. The fourth-order valence-corrected chi connectivity index (χ4v) is 2.38. The number of aliphatic hydroxyl groups excluding tert-OH is 1. The van der Waals surface area contributed by atoms with E-state index in [1.807, 2.05) is 41.8 Å². The van der Waals surface area contributed by atoms with Crippen LogP contribution in [-0.4, -0.2) is 11.7 Å². The minimum Gasteiger partial charge on any atom is -0.398 e. The normalized spacial score (nSPS) is 12.5. The zero-order chi connectivity index (χ0) is 12.1. The van der Waals surface area contributed by atoms with E-state index in [2.05, 4.69) is 5.32 Å². The zero-order valence-electron chi connectivity index (χ0n) is 9.47. The van der Waals surface area contributed by atoms with Crippen LogP contribution >= 0.6 is 11.3 Å². The average Bonchev–Trinajstić information content (AvgIpc) is 2.76. The van der Waals surface area contributed by atoms with Crippen molar-refractivity contribution in [2.75, 3.05) is 12.3 Å². The van der Waals surface area contributed by atoms with Crippen LogP contribution in [0.3, 0.4) is 0 Å². The standard InChI is InChI=1S/C13H16N2OS/c14-11-6-7-17-13(11)9-15-8-12(16)10-4-2-1-3-5-10/h1-7,12,15-16H,8-9,14H2. The lowest BCUT2D eigenvalue weighted by atomic mass is 10.1. The highest BCUT2D eigenvalue weighted by atomic mass is 32.1. The molecule has 3 nitrogen and oxygen atoms in total. The molecule has 0 saturated heterocycles. The molecule has 17 heavy (non-hydrogen) atoms. The minimum atomic E-state index is -0.475. The summed E-state index contributed by atoms with van der Waals surface area (Å²) in [7, 11) is 0. The van der Waals surface area contributed by atoms with Gasteiger partial charge in [0, 0.05) is 23.7 Å². The van der Waals surface area contributed by atoms with Crippen LogP contribution < -0.4 is 11.1 Å². The highest BCUT2D eigenvalue weighted by Gasteiger charge is 2.06. The number of aliphatic hydroxyl groups is 1. The van der Waals surface area contributed by atoms with Gasteiger partial charge in [0.1, 0.15) is 0 Å². The van der Waals surface area contributed by atoms with Crippen LogP contribution in [0.15, 0.2) is 41.8 Å². The Balaban J connectivity index is 1.81. The van der Waals surface area contributed by atoms with Crippen molar-refractivity contribution in [1.29, 1.82) is 0 Å². The number of hydrogen-bond acceptors (Lipinski definition) is 4. The molecule has 1 aromatic carbocycles. The fraction of sp³-hybridized carbons (Fsp3) is 0.231. The number of anilines is 1. The van der Waals surface area contributed by atoms with Crippen molar-refractivity contribution in [3.05, 3.63) is 52.2 Å². The van der Waals surface area contributed by atoms with Crippen molar-refractivity contribution in [1.82, 2.24) is 5.32 Å². The molecular formula is C13H16N2OS. The third-order valence-corrected chi connectivity index (χ3v) is 3.52. The van der Waals surface area contributed by atoms with E-state index < -0.39 is 6.10 Å². The highest BCUT2D eigenvalue weighted by molar-refractivity contribution is 7.10. The van der Waals surface area contributed by atoms with Crippen LogP contribution in [-0.2, 0) is 6.54 Å². The van der Waals surface area contributed by atoms with Crippen LogP contribution in [0, 0.1) is 0 Å². The van der Waals surface area contributed by atoms with Gasteiger partial charge in [-0.25, -0.2) is 0 Å². The zero-order valence-corrected chi connectivity index (χ0v) is 10.3. The van der Waals surface area contributed by atoms with Crippen molar-refractivity contribution in [3.8, 4) is 0 Å². The Morgan fingerprint density at radius 2 is 2.00 bits per heavy atom. The van der Waals surface area contributed by atoms with E-state index in [9.17, 15) is 5.11 Å². The van der Waals surface area contributed by atoms with Crippen molar-refractivity contribution in [2.24, 2.45) is 0 Å². The summed E-state index contributed by atoms with van der Waals surface area (Å²) in [5.41, 5.74) is 7.52. The molecule has 0 aliphatic carbocycles. The van der Waals surface area contributed by atoms with Crippen molar-refractivity contribution in [2.45, 2.75) is 12.6 Å².